The van der Waals surface area contributed by atoms with Crippen LogP contribution in [0.4, 0.5) is 4.79 Å². The van der Waals surface area contributed by atoms with E-state index >= 15 is 0 Å². The summed E-state index contributed by atoms with van der Waals surface area (Å²) in [4.78, 5) is 44.0. The van der Waals surface area contributed by atoms with Crippen LogP contribution in [-0.2, 0) is 38.8 Å². The Kier molecular flexibility index (Phi) is 12.8. The van der Waals surface area contributed by atoms with Crippen molar-refractivity contribution in [2.24, 2.45) is 11.7 Å². The van der Waals surface area contributed by atoms with Crippen LogP contribution in [0.2, 0.25) is 5.02 Å². The van der Waals surface area contributed by atoms with Gasteiger partial charge in [0.2, 0.25) is 11.8 Å². The molecule has 48 heavy (non-hydrogen) atoms. The minimum Gasteiger partial charge on any atom is -0.445 e. The fraction of sp³-hybridized carbons (Fsp3) is 0.429. The number of nitrogen functional groups attached to an aromatic ring is 1. The Morgan fingerprint density at radius 3 is 2.46 bits per heavy atom. The van der Waals surface area contributed by atoms with E-state index in [1.165, 1.54) is 11.3 Å². The molecule has 0 bridgehead atoms. The molecule has 1 aromatic heterocycles. The first-order valence-electron chi connectivity index (χ1n) is 16.3. The predicted molar refractivity (Wildman–Crippen MR) is 186 cm³/mol. The van der Waals surface area contributed by atoms with E-state index in [-0.39, 0.29) is 37.3 Å². The summed E-state index contributed by atoms with van der Waals surface area (Å²) in [5.41, 5.74) is 7.37. The lowest BCUT2D eigenvalue weighted by molar-refractivity contribution is -0.140. The summed E-state index contributed by atoms with van der Waals surface area (Å²) in [6, 6.07) is 18.6. The predicted octanol–water partition coefficient (Wildman–Crippen LogP) is 4.56. The quantitative estimate of drug-likeness (QED) is 0.122. The number of nitrogens with one attached hydrogen (secondary N) is 4. The van der Waals surface area contributed by atoms with Gasteiger partial charge in [0.15, 0.2) is 0 Å². The number of hydrogen-bond acceptors (Lipinski definition) is 8. The summed E-state index contributed by atoms with van der Waals surface area (Å²) in [6.45, 7) is 2.65. The van der Waals surface area contributed by atoms with E-state index in [1.807, 2.05) is 48.5 Å². The van der Waals surface area contributed by atoms with Crippen LogP contribution in [0.3, 0.4) is 0 Å². The minimum absolute atomic E-state index is 0.0313. The number of alkyl carbamates (subject to hydrolysis) is 1. The van der Waals surface area contributed by atoms with E-state index in [4.69, 9.17) is 32.2 Å². The first-order chi connectivity index (χ1) is 23.2. The summed E-state index contributed by atoms with van der Waals surface area (Å²) >= 11 is 7.37. The third-order valence-electron chi connectivity index (χ3n) is 8.74. The molecule has 3 aromatic rings. The van der Waals surface area contributed by atoms with Crippen LogP contribution in [0.25, 0.3) is 0 Å². The number of carbonyl (C=O) groups excluding carboxylic acids is 3. The van der Waals surface area contributed by atoms with Gasteiger partial charge >= 0.3 is 6.09 Å². The lowest BCUT2D eigenvalue weighted by Gasteiger charge is -2.30. The summed E-state index contributed by atoms with van der Waals surface area (Å²) in [5, 5.41) is 17.4. The van der Waals surface area contributed by atoms with Crippen molar-refractivity contribution in [1.82, 2.24) is 20.9 Å². The molecular formula is C35H43ClN6O5S. The van der Waals surface area contributed by atoms with Crippen molar-refractivity contribution in [1.29, 1.82) is 5.41 Å². The number of carbonyl (C=O) groups is 3. The van der Waals surface area contributed by atoms with Crippen LogP contribution in [0, 0.1) is 11.3 Å². The van der Waals surface area contributed by atoms with E-state index in [1.54, 1.807) is 23.1 Å². The average molecular weight is 695 g/mol. The van der Waals surface area contributed by atoms with Crippen molar-refractivity contribution in [3.63, 3.8) is 0 Å². The van der Waals surface area contributed by atoms with Crippen LogP contribution in [0.1, 0.15) is 53.0 Å². The first-order valence-corrected chi connectivity index (χ1v) is 17.5. The SMILES string of the molecule is N=C(N)c1ccc(CNC(=O)[C@H]2C[C@@H](OCc3ccc(Cl)cc3)CN2C(=O)[C@@H](CCC2CCNCC2)NC(=O)OCc2ccccc2)s1. The molecule has 0 aliphatic carbocycles. The van der Waals surface area contributed by atoms with Gasteiger partial charge in [-0.25, -0.2) is 4.79 Å². The maximum atomic E-state index is 14.3. The van der Waals surface area contributed by atoms with Gasteiger partial charge in [0, 0.05) is 22.9 Å². The van der Waals surface area contributed by atoms with E-state index in [9.17, 15) is 14.4 Å². The smallest absolute Gasteiger partial charge is 0.408 e. The Balaban J connectivity index is 1.29. The monoisotopic (exact) mass is 694 g/mol. The molecule has 2 aliphatic rings. The highest BCUT2D eigenvalue weighted by Gasteiger charge is 2.42. The molecule has 5 rings (SSSR count). The van der Waals surface area contributed by atoms with Crippen LogP contribution in [-0.4, -0.2) is 66.5 Å². The molecule has 6 N–H and O–H groups in total. The molecule has 2 saturated heterocycles. The minimum atomic E-state index is -0.871. The molecule has 2 fully saturated rings. The highest BCUT2D eigenvalue weighted by Crippen LogP contribution is 2.26. The number of likely N-dealkylation sites (tertiary alicyclic amines) is 1. The second-order valence-corrected chi connectivity index (χ2v) is 13.8. The number of piperidine rings is 1. The van der Waals surface area contributed by atoms with Gasteiger partial charge in [0.25, 0.3) is 0 Å². The number of ether oxygens (including phenoxy) is 2. The number of nitrogens with two attached hydrogens (primary N) is 1. The van der Waals surface area contributed by atoms with Gasteiger partial charge in [-0.2, -0.15) is 0 Å². The van der Waals surface area contributed by atoms with E-state index in [2.05, 4.69) is 16.0 Å². The third kappa shape index (κ3) is 10.3. The number of nitrogens with zero attached hydrogens (tertiary/aromatic N) is 1. The van der Waals surface area contributed by atoms with Gasteiger partial charge < -0.3 is 36.1 Å². The molecule has 3 heterocycles. The molecule has 3 atom stereocenters. The molecule has 2 aliphatic heterocycles. The van der Waals surface area contributed by atoms with Crippen molar-refractivity contribution in [3.8, 4) is 0 Å². The normalized spacial score (nSPS) is 18.6. The zero-order valence-electron chi connectivity index (χ0n) is 26.8. The largest absolute Gasteiger partial charge is 0.445 e. The van der Waals surface area contributed by atoms with Gasteiger partial charge in [-0.05, 0) is 80.1 Å². The van der Waals surface area contributed by atoms with Gasteiger partial charge in [0.1, 0.15) is 24.5 Å². The molecule has 256 valence electrons. The molecule has 0 unspecified atom stereocenters. The van der Waals surface area contributed by atoms with Crippen LogP contribution >= 0.6 is 22.9 Å². The Hall–Kier alpha value is -3.97. The Morgan fingerprint density at radius 2 is 1.75 bits per heavy atom. The number of hydrogen-bond donors (Lipinski definition) is 5. The molecule has 3 amide bonds. The highest BCUT2D eigenvalue weighted by atomic mass is 35.5. The standard InChI is InChI=1S/C35H43ClN6O5S/c36-26-9-6-25(7-10-26)21-46-27-18-30(33(43)40-19-28-11-13-31(48-28)32(37)38)42(20-27)34(44)29(12-8-23-14-16-39-17-15-23)41-35(45)47-22-24-4-2-1-3-5-24/h1-7,9-11,13,23,27,29-30,39H,8,12,14-22H2,(H3,37,38)(H,40,43)(H,41,45)/t27-,29-,30-/m1/s1. The third-order valence-corrected chi connectivity index (χ3v) is 10.1. The summed E-state index contributed by atoms with van der Waals surface area (Å²) in [6.07, 6.45) is 2.40. The summed E-state index contributed by atoms with van der Waals surface area (Å²) < 4.78 is 11.7. The Morgan fingerprint density at radius 1 is 1.02 bits per heavy atom. The average Bonchev–Trinajstić information content (AvgIpc) is 3.77. The first kappa shape index (κ1) is 35.3. The van der Waals surface area contributed by atoms with Crippen LogP contribution < -0.4 is 21.7 Å². The lowest BCUT2D eigenvalue weighted by Crippen LogP contribution is -2.53. The number of benzene rings is 2. The molecule has 13 heteroatoms. The molecular weight excluding hydrogens is 652 g/mol. The zero-order chi connectivity index (χ0) is 33.9. The molecule has 0 radical (unpaired) electrons. The van der Waals surface area contributed by atoms with Crippen molar-refractivity contribution in [2.75, 3.05) is 19.6 Å². The number of thiophene rings is 1. The fourth-order valence-electron chi connectivity index (χ4n) is 6.05. The molecule has 11 nitrogen and oxygen atoms in total. The molecule has 0 spiro atoms. The van der Waals surface area contributed by atoms with Crippen molar-refractivity contribution < 1.29 is 23.9 Å². The molecule has 2 aromatic carbocycles. The topological polar surface area (TPSA) is 159 Å². The van der Waals surface area contributed by atoms with E-state index in [0.717, 1.165) is 48.4 Å². The van der Waals surface area contributed by atoms with E-state index in [0.29, 0.717) is 35.3 Å². The van der Waals surface area contributed by atoms with Gasteiger partial charge in [-0.15, -0.1) is 11.3 Å². The second-order valence-electron chi connectivity index (χ2n) is 12.2. The van der Waals surface area contributed by atoms with Gasteiger partial charge in [-0.1, -0.05) is 54.1 Å². The van der Waals surface area contributed by atoms with Gasteiger partial charge in [0.05, 0.1) is 24.1 Å². The Bertz CT molecular complexity index is 1530. The van der Waals surface area contributed by atoms with Crippen molar-refractivity contribution >= 4 is 46.7 Å². The summed E-state index contributed by atoms with van der Waals surface area (Å²) in [7, 11) is 0. The maximum absolute atomic E-state index is 14.3. The second kappa shape index (κ2) is 17.4. The van der Waals surface area contributed by atoms with Crippen molar-refractivity contribution in [2.45, 2.75) is 70.1 Å². The van der Waals surface area contributed by atoms with Crippen LogP contribution in [0.15, 0.2) is 66.7 Å². The van der Waals surface area contributed by atoms with Gasteiger partial charge in [-0.3, -0.25) is 15.0 Å². The lowest BCUT2D eigenvalue weighted by atomic mass is 9.91. The Labute approximate surface area is 290 Å². The fourth-order valence-corrected chi connectivity index (χ4v) is 6.99. The zero-order valence-corrected chi connectivity index (χ0v) is 28.4. The maximum Gasteiger partial charge on any atom is 0.408 e. The number of amidine groups is 1. The number of halogens is 1. The number of amides is 3. The van der Waals surface area contributed by atoms with E-state index < -0.39 is 24.3 Å². The number of rotatable bonds is 14. The molecule has 0 saturated carbocycles. The summed E-state index contributed by atoms with van der Waals surface area (Å²) in [5.74, 6) is -0.255. The van der Waals surface area contributed by atoms with Crippen molar-refractivity contribution in [3.05, 3.63) is 92.6 Å². The van der Waals surface area contributed by atoms with Crippen LogP contribution in [0.5, 0.6) is 0 Å². The highest BCUT2D eigenvalue weighted by molar-refractivity contribution is 7.14.